The summed E-state index contributed by atoms with van der Waals surface area (Å²) in [4.78, 5) is 15.0. The lowest BCUT2D eigenvalue weighted by Crippen LogP contribution is -2.32. The minimum absolute atomic E-state index is 0.0215. The van der Waals surface area contributed by atoms with Gasteiger partial charge in [-0.05, 0) is 41.5 Å². The Morgan fingerprint density at radius 3 is 1.90 bits per heavy atom. The van der Waals surface area contributed by atoms with Gasteiger partial charge in [0.1, 0.15) is 0 Å². The summed E-state index contributed by atoms with van der Waals surface area (Å²) in [6, 6.07) is 26.2. The molecule has 3 aromatic rings. The molecule has 0 aromatic heterocycles. The molecular weight excluding hydrogens is 392 g/mol. The lowest BCUT2D eigenvalue weighted by atomic mass is 9.88. The first-order valence-electron chi connectivity index (χ1n) is 10.7. The van der Waals surface area contributed by atoms with Crippen molar-refractivity contribution in [1.82, 2.24) is 4.90 Å². The van der Waals surface area contributed by atoms with E-state index in [0.717, 1.165) is 29.5 Å². The van der Waals surface area contributed by atoms with Crippen LogP contribution in [0, 0.1) is 0 Å². The van der Waals surface area contributed by atoms with Crippen molar-refractivity contribution in [3.05, 3.63) is 102 Å². The van der Waals surface area contributed by atoms with E-state index < -0.39 is 12.0 Å². The van der Waals surface area contributed by atoms with Gasteiger partial charge in [0.15, 0.2) is 0 Å². The monoisotopic (exact) mass is 417 g/mol. The van der Waals surface area contributed by atoms with Crippen LogP contribution < -0.4 is 0 Å². The van der Waals surface area contributed by atoms with E-state index in [1.807, 2.05) is 77.7 Å². The minimum Gasteiger partial charge on any atom is -0.342 e. The van der Waals surface area contributed by atoms with Crippen LogP contribution in [0.1, 0.15) is 36.3 Å². The fraction of sp³-hybridized carbons (Fsp3) is 0.222. The fourth-order valence-corrected chi connectivity index (χ4v) is 4.19. The van der Waals surface area contributed by atoms with Crippen LogP contribution in [0.25, 0.3) is 16.7 Å². The van der Waals surface area contributed by atoms with Gasteiger partial charge in [-0.25, -0.2) is 0 Å². The molecule has 0 N–H and O–H groups in total. The van der Waals surface area contributed by atoms with Gasteiger partial charge in [-0.2, -0.15) is 8.78 Å². The molecule has 0 bridgehead atoms. The predicted octanol–water partition coefficient (Wildman–Crippen LogP) is 6.76. The zero-order valence-electron chi connectivity index (χ0n) is 17.3. The predicted molar refractivity (Wildman–Crippen MR) is 121 cm³/mol. The van der Waals surface area contributed by atoms with Crippen molar-refractivity contribution in [2.24, 2.45) is 0 Å². The Morgan fingerprint density at radius 1 is 0.774 bits per heavy atom. The van der Waals surface area contributed by atoms with Gasteiger partial charge >= 0.3 is 0 Å². The maximum absolute atomic E-state index is 14.1. The summed E-state index contributed by atoms with van der Waals surface area (Å²) in [5, 5.41) is 0. The molecule has 1 atom stereocenters. The number of hydrogen-bond donors (Lipinski definition) is 0. The molecule has 0 radical (unpaired) electrons. The average molecular weight is 417 g/mol. The molecule has 1 heterocycles. The van der Waals surface area contributed by atoms with Crippen molar-refractivity contribution >= 4 is 11.5 Å². The van der Waals surface area contributed by atoms with Gasteiger partial charge in [0.05, 0.1) is 5.92 Å². The number of amides is 1. The van der Waals surface area contributed by atoms with Crippen molar-refractivity contribution < 1.29 is 13.6 Å². The third-order valence-electron chi connectivity index (χ3n) is 5.89. The van der Waals surface area contributed by atoms with Crippen LogP contribution in [0.2, 0.25) is 0 Å². The van der Waals surface area contributed by atoms with Crippen molar-refractivity contribution in [1.29, 1.82) is 0 Å². The van der Waals surface area contributed by atoms with E-state index in [9.17, 15) is 13.6 Å². The summed E-state index contributed by atoms with van der Waals surface area (Å²) in [5.74, 6) is -0.687. The Bertz CT molecular complexity index is 1040. The van der Waals surface area contributed by atoms with Crippen LogP contribution >= 0.6 is 0 Å². The summed E-state index contributed by atoms with van der Waals surface area (Å²) in [7, 11) is 0. The summed E-state index contributed by atoms with van der Waals surface area (Å²) in [6.45, 7) is 1.40. The standard InChI is InChI=1S/C27H25F2NO/c28-26(29)24(23-15-13-21(14-16-23)20-9-3-1-4-10-20)19-25(22-11-5-2-6-12-22)27(31)30-17-7-8-18-30/h1-6,9-16,25H,7-8,17-19H2. The molecule has 1 saturated heterocycles. The van der Waals surface area contributed by atoms with Gasteiger partial charge in [-0.15, -0.1) is 0 Å². The van der Waals surface area contributed by atoms with Crippen LogP contribution in [-0.4, -0.2) is 23.9 Å². The van der Waals surface area contributed by atoms with Gasteiger partial charge in [0, 0.05) is 18.7 Å². The molecule has 1 amide bonds. The minimum atomic E-state index is -1.73. The second-order valence-electron chi connectivity index (χ2n) is 7.88. The van der Waals surface area contributed by atoms with E-state index in [-0.39, 0.29) is 17.9 Å². The lowest BCUT2D eigenvalue weighted by Gasteiger charge is -2.24. The molecular formula is C27H25F2NO. The molecule has 0 saturated carbocycles. The maximum atomic E-state index is 14.1. The number of nitrogens with zero attached hydrogens (tertiary/aromatic N) is 1. The third-order valence-corrected chi connectivity index (χ3v) is 5.89. The van der Waals surface area contributed by atoms with Gasteiger partial charge < -0.3 is 4.90 Å². The number of likely N-dealkylation sites (tertiary alicyclic amines) is 1. The second-order valence-corrected chi connectivity index (χ2v) is 7.88. The highest BCUT2D eigenvalue weighted by Crippen LogP contribution is 2.35. The Hall–Kier alpha value is -3.27. The largest absolute Gasteiger partial charge is 0.342 e. The molecule has 1 fully saturated rings. The van der Waals surface area contributed by atoms with E-state index in [0.29, 0.717) is 18.7 Å². The average Bonchev–Trinajstić information content (AvgIpc) is 3.36. The van der Waals surface area contributed by atoms with Crippen molar-refractivity contribution in [3.8, 4) is 11.1 Å². The van der Waals surface area contributed by atoms with Crippen molar-refractivity contribution in [3.63, 3.8) is 0 Å². The highest BCUT2D eigenvalue weighted by Gasteiger charge is 2.30. The normalized spacial score (nSPS) is 14.3. The van der Waals surface area contributed by atoms with E-state index >= 15 is 0 Å². The van der Waals surface area contributed by atoms with Crippen LogP contribution in [0.15, 0.2) is 91.0 Å². The van der Waals surface area contributed by atoms with Gasteiger partial charge in [0.25, 0.3) is 6.08 Å². The van der Waals surface area contributed by atoms with Crippen molar-refractivity contribution in [2.45, 2.75) is 25.2 Å². The number of carbonyl (C=O) groups is 1. The molecule has 31 heavy (non-hydrogen) atoms. The molecule has 2 nitrogen and oxygen atoms in total. The summed E-state index contributed by atoms with van der Waals surface area (Å²) < 4.78 is 28.2. The van der Waals surface area contributed by atoms with Crippen LogP contribution in [0.3, 0.4) is 0 Å². The van der Waals surface area contributed by atoms with Gasteiger partial charge in [-0.1, -0.05) is 84.9 Å². The molecule has 0 spiro atoms. The Kier molecular flexibility index (Phi) is 6.56. The molecule has 1 aliphatic rings. The quantitative estimate of drug-likeness (QED) is 0.434. The zero-order valence-corrected chi connectivity index (χ0v) is 17.3. The van der Waals surface area contributed by atoms with E-state index in [2.05, 4.69) is 0 Å². The number of halogens is 2. The first kappa shape index (κ1) is 21.0. The number of hydrogen-bond acceptors (Lipinski definition) is 1. The molecule has 0 aliphatic carbocycles. The SMILES string of the molecule is O=C(C(CC(=C(F)F)c1ccc(-c2ccccc2)cc1)c1ccccc1)N1CCCC1. The Balaban J connectivity index is 1.63. The first-order valence-corrected chi connectivity index (χ1v) is 10.7. The molecule has 4 heteroatoms. The Labute approximate surface area is 181 Å². The maximum Gasteiger partial charge on any atom is 0.274 e. The number of carbonyl (C=O) groups excluding carboxylic acids is 1. The third kappa shape index (κ3) is 4.91. The van der Waals surface area contributed by atoms with Crippen LogP contribution in [0.5, 0.6) is 0 Å². The smallest absolute Gasteiger partial charge is 0.274 e. The second kappa shape index (κ2) is 9.69. The number of rotatable bonds is 6. The fourth-order valence-electron chi connectivity index (χ4n) is 4.19. The van der Waals surface area contributed by atoms with E-state index in [1.165, 1.54) is 0 Å². The molecule has 158 valence electrons. The topological polar surface area (TPSA) is 20.3 Å². The first-order chi connectivity index (χ1) is 15.1. The number of allylic oxidation sites excluding steroid dienone is 1. The molecule has 4 rings (SSSR count). The van der Waals surface area contributed by atoms with Gasteiger partial charge in [-0.3, -0.25) is 4.79 Å². The molecule has 3 aromatic carbocycles. The summed E-state index contributed by atoms with van der Waals surface area (Å²) in [5.41, 5.74) is 3.16. The van der Waals surface area contributed by atoms with Gasteiger partial charge in [0.2, 0.25) is 5.91 Å². The van der Waals surface area contributed by atoms with E-state index in [1.54, 1.807) is 12.1 Å². The summed E-state index contributed by atoms with van der Waals surface area (Å²) in [6.07, 6.45) is 0.178. The van der Waals surface area contributed by atoms with Crippen LogP contribution in [-0.2, 0) is 4.79 Å². The van der Waals surface area contributed by atoms with E-state index in [4.69, 9.17) is 0 Å². The molecule has 1 aliphatic heterocycles. The highest BCUT2D eigenvalue weighted by molar-refractivity contribution is 5.86. The van der Waals surface area contributed by atoms with Crippen molar-refractivity contribution in [2.75, 3.05) is 13.1 Å². The zero-order chi connectivity index (χ0) is 21.6. The highest BCUT2D eigenvalue weighted by atomic mass is 19.3. The Morgan fingerprint density at radius 2 is 1.32 bits per heavy atom. The lowest BCUT2D eigenvalue weighted by molar-refractivity contribution is -0.131. The summed E-state index contributed by atoms with van der Waals surface area (Å²) >= 11 is 0. The van der Waals surface area contributed by atoms with Crippen LogP contribution in [0.4, 0.5) is 8.78 Å². The number of benzene rings is 3. The molecule has 1 unspecified atom stereocenters.